The van der Waals surface area contributed by atoms with Crippen LogP contribution < -0.4 is 15.0 Å². The topological polar surface area (TPSA) is 103 Å². The van der Waals surface area contributed by atoms with Crippen LogP contribution in [0.25, 0.3) is 10.9 Å². The number of hydrogen-bond acceptors (Lipinski definition) is 6. The van der Waals surface area contributed by atoms with Crippen molar-refractivity contribution in [2.45, 2.75) is 46.1 Å². The van der Waals surface area contributed by atoms with Crippen molar-refractivity contribution in [2.24, 2.45) is 5.10 Å². The van der Waals surface area contributed by atoms with Gasteiger partial charge in [0.1, 0.15) is 12.4 Å². The monoisotopic (exact) mass is 617 g/mol. The molecule has 0 aliphatic carbocycles. The van der Waals surface area contributed by atoms with Crippen LogP contribution in [0.3, 0.4) is 0 Å². The molecule has 0 unspecified atom stereocenters. The molecule has 0 fully saturated rings. The van der Waals surface area contributed by atoms with Crippen LogP contribution in [0.2, 0.25) is 0 Å². The number of hydrogen-bond donors (Lipinski definition) is 1. The summed E-state index contributed by atoms with van der Waals surface area (Å²) in [6, 6.07) is 15.7. The summed E-state index contributed by atoms with van der Waals surface area (Å²) in [5.41, 5.74) is 2.31. The fraction of sp³-hybridized carbons (Fsp3) is 0.250. The summed E-state index contributed by atoms with van der Waals surface area (Å²) in [4.78, 5) is 29.7. The highest BCUT2D eigenvalue weighted by molar-refractivity contribution is 9.10. The van der Waals surface area contributed by atoms with Gasteiger partial charge in [-0.2, -0.15) is 9.78 Å². The molecule has 4 aromatic rings. The Labute approximate surface area is 247 Å². The number of rotatable bonds is 10. The predicted molar refractivity (Wildman–Crippen MR) is 165 cm³/mol. The lowest BCUT2D eigenvalue weighted by atomic mass is 9.95. The quantitative estimate of drug-likeness (QED) is 0.156. The Bertz CT molecular complexity index is 1700. The molecule has 0 atom stereocenters. The molecule has 41 heavy (non-hydrogen) atoms. The number of ether oxygens (including phenoxy) is 2. The number of carboxylic acid groups (broad SMARTS) is 1. The number of halogens is 1. The van der Waals surface area contributed by atoms with Gasteiger partial charge in [-0.15, -0.1) is 6.58 Å². The van der Waals surface area contributed by atoms with Crippen molar-refractivity contribution >= 4 is 39.0 Å². The molecule has 0 aliphatic heterocycles. The maximum absolute atomic E-state index is 13.5. The zero-order chi connectivity index (χ0) is 29.7. The van der Waals surface area contributed by atoms with Gasteiger partial charge in [-0.1, -0.05) is 54.9 Å². The van der Waals surface area contributed by atoms with Crippen molar-refractivity contribution in [3.63, 3.8) is 0 Å². The molecule has 0 amide bonds. The molecule has 8 nitrogen and oxygen atoms in total. The fourth-order valence-electron chi connectivity index (χ4n) is 4.31. The Kier molecular flexibility index (Phi) is 9.08. The molecule has 212 valence electrons. The Morgan fingerprint density at radius 3 is 2.61 bits per heavy atom. The van der Waals surface area contributed by atoms with Crippen molar-refractivity contribution in [3.8, 4) is 11.5 Å². The first-order valence-corrected chi connectivity index (χ1v) is 13.9. The average molecular weight is 619 g/mol. The minimum Gasteiger partial charge on any atom is -0.490 e. The van der Waals surface area contributed by atoms with Crippen LogP contribution in [0.1, 0.15) is 60.6 Å². The highest BCUT2D eigenvalue weighted by Gasteiger charge is 2.23. The molecule has 0 saturated carbocycles. The van der Waals surface area contributed by atoms with E-state index in [-0.39, 0.29) is 17.7 Å². The predicted octanol–water partition coefficient (Wildman–Crippen LogP) is 6.74. The van der Waals surface area contributed by atoms with Gasteiger partial charge in [0.05, 0.1) is 29.3 Å². The van der Waals surface area contributed by atoms with E-state index in [1.54, 1.807) is 36.6 Å². The van der Waals surface area contributed by atoms with E-state index in [1.165, 1.54) is 10.7 Å². The maximum Gasteiger partial charge on any atom is 0.335 e. The van der Waals surface area contributed by atoms with Gasteiger partial charge in [0.2, 0.25) is 0 Å². The van der Waals surface area contributed by atoms with Crippen molar-refractivity contribution in [2.75, 3.05) is 6.61 Å². The first kappa shape index (κ1) is 29.7. The van der Waals surface area contributed by atoms with Crippen molar-refractivity contribution in [1.82, 2.24) is 9.66 Å². The summed E-state index contributed by atoms with van der Waals surface area (Å²) < 4.78 is 14.2. The van der Waals surface area contributed by atoms with E-state index in [0.717, 1.165) is 10.0 Å². The number of allylic oxidation sites excluding steroid dienone is 1. The van der Waals surface area contributed by atoms with Gasteiger partial charge in [-0.25, -0.2) is 9.78 Å². The summed E-state index contributed by atoms with van der Waals surface area (Å²) >= 11 is 3.44. The number of fused-ring (bicyclic) bond motifs is 1. The molecular weight excluding hydrogens is 586 g/mol. The molecule has 0 saturated heterocycles. The lowest BCUT2D eigenvalue weighted by molar-refractivity contribution is 0.0696. The van der Waals surface area contributed by atoms with Gasteiger partial charge in [0.15, 0.2) is 11.5 Å². The Morgan fingerprint density at radius 1 is 1.15 bits per heavy atom. The normalized spacial score (nSPS) is 11.6. The van der Waals surface area contributed by atoms with Crippen LogP contribution in [0.4, 0.5) is 0 Å². The third kappa shape index (κ3) is 6.92. The third-order valence-corrected chi connectivity index (χ3v) is 6.67. The molecule has 0 aliphatic rings. The van der Waals surface area contributed by atoms with Crippen molar-refractivity contribution in [3.05, 3.63) is 110 Å². The summed E-state index contributed by atoms with van der Waals surface area (Å²) in [6.45, 7) is 12.3. The summed E-state index contributed by atoms with van der Waals surface area (Å²) in [7, 11) is 0. The lowest BCUT2D eigenvalue weighted by Gasteiger charge is -2.21. The number of benzene rings is 3. The minimum absolute atomic E-state index is 0.154. The second-order valence-electron chi connectivity index (χ2n) is 10.4. The first-order chi connectivity index (χ1) is 19.5. The Balaban J connectivity index is 1.77. The Morgan fingerprint density at radius 2 is 1.93 bits per heavy atom. The fourth-order valence-corrected chi connectivity index (χ4v) is 4.67. The Hall–Kier alpha value is -4.24. The molecule has 4 rings (SSSR count). The van der Waals surface area contributed by atoms with Crippen LogP contribution >= 0.6 is 15.9 Å². The molecule has 0 radical (unpaired) electrons. The second kappa shape index (κ2) is 12.5. The summed E-state index contributed by atoms with van der Waals surface area (Å²) in [5.74, 6) is 0.579. The van der Waals surface area contributed by atoms with Gasteiger partial charge < -0.3 is 14.6 Å². The molecule has 1 aromatic heterocycles. The number of nitrogens with zero attached hydrogens (tertiary/aromatic N) is 3. The van der Waals surface area contributed by atoms with E-state index in [2.05, 4.69) is 27.6 Å². The zero-order valence-corrected chi connectivity index (χ0v) is 25.1. The van der Waals surface area contributed by atoms with Crippen LogP contribution in [0, 0.1) is 0 Å². The molecular formula is C32H32BrN3O5. The van der Waals surface area contributed by atoms with Gasteiger partial charge >= 0.3 is 5.97 Å². The first-order valence-electron chi connectivity index (χ1n) is 13.1. The standard InChI is InChI=1S/C32H32BrN3O5/c1-6-9-22-15-21(16-27(40-7-2)28(22)41-19-20-10-8-11-23(14-20)30(38)39)18-34-36-29(37)25-17-24(33)12-13-26(25)35-31(36)32(3,4)5/h6,8,10-18H,1,7,9,19H2,2-5H3,(H,38,39). The van der Waals surface area contributed by atoms with Crippen LogP contribution in [-0.2, 0) is 18.4 Å². The lowest BCUT2D eigenvalue weighted by Crippen LogP contribution is -2.29. The zero-order valence-electron chi connectivity index (χ0n) is 23.5. The highest BCUT2D eigenvalue weighted by Crippen LogP contribution is 2.34. The van der Waals surface area contributed by atoms with Crippen LogP contribution in [-0.4, -0.2) is 33.6 Å². The third-order valence-electron chi connectivity index (χ3n) is 6.18. The number of carbonyl (C=O) groups is 1. The van der Waals surface area contributed by atoms with Gasteiger partial charge in [-0.3, -0.25) is 4.79 Å². The molecule has 9 heteroatoms. The van der Waals surface area contributed by atoms with E-state index in [9.17, 15) is 14.7 Å². The van der Waals surface area contributed by atoms with Crippen molar-refractivity contribution in [1.29, 1.82) is 0 Å². The number of carboxylic acids is 1. The minimum atomic E-state index is -0.999. The van der Waals surface area contributed by atoms with Gasteiger partial charge in [-0.05, 0) is 66.9 Å². The maximum atomic E-state index is 13.5. The number of aromatic carboxylic acids is 1. The number of aromatic nitrogens is 2. The molecule has 1 N–H and O–H groups in total. The summed E-state index contributed by atoms with van der Waals surface area (Å²) in [6.07, 6.45) is 3.86. The van der Waals surface area contributed by atoms with E-state index in [4.69, 9.17) is 14.5 Å². The van der Waals surface area contributed by atoms with Crippen LogP contribution in [0.5, 0.6) is 11.5 Å². The van der Waals surface area contributed by atoms with E-state index in [0.29, 0.717) is 52.4 Å². The second-order valence-corrected chi connectivity index (χ2v) is 11.4. The van der Waals surface area contributed by atoms with Gasteiger partial charge in [0.25, 0.3) is 5.56 Å². The van der Waals surface area contributed by atoms with E-state index >= 15 is 0 Å². The van der Waals surface area contributed by atoms with Gasteiger partial charge in [0, 0.05) is 15.5 Å². The average Bonchev–Trinajstić information content (AvgIpc) is 2.92. The molecule has 3 aromatic carbocycles. The molecule has 0 spiro atoms. The molecule has 0 bridgehead atoms. The van der Waals surface area contributed by atoms with Crippen molar-refractivity contribution < 1.29 is 19.4 Å². The highest BCUT2D eigenvalue weighted by atomic mass is 79.9. The van der Waals surface area contributed by atoms with Crippen LogP contribution in [0.15, 0.2) is 81.6 Å². The SMILES string of the molecule is C=CCc1cc(C=Nn2c(C(C)(C)C)nc3ccc(Br)cc3c2=O)cc(OCC)c1OCc1cccc(C(=O)O)c1. The summed E-state index contributed by atoms with van der Waals surface area (Å²) in [5, 5.41) is 14.4. The molecule has 1 heterocycles. The smallest absolute Gasteiger partial charge is 0.335 e. The largest absolute Gasteiger partial charge is 0.490 e. The van der Waals surface area contributed by atoms with E-state index < -0.39 is 11.4 Å². The van der Waals surface area contributed by atoms with E-state index in [1.807, 2.05) is 52.0 Å².